The van der Waals surface area contributed by atoms with E-state index in [1.807, 2.05) is 44.4 Å². The number of hydrogen-bond acceptors (Lipinski definition) is 5. The van der Waals surface area contributed by atoms with Crippen molar-refractivity contribution in [2.24, 2.45) is 4.99 Å². The highest BCUT2D eigenvalue weighted by atomic mass is 35.5. The van der Waals surface area contributed by atoms with Crippen LogP contribution in [0.5, 0.6) is 5.75 Å². The lowest BCUT2D eigenvalue weighted by molar-refractivity contribution is -0.106. The number of halogens is 1. The third-order valence-electron chi connectivity index (χ3n) is 5.02. The van der Waals surface area contributed by atoms with Gasteiger partial charge < -0.3 is 18.5 Å². The SMILES string of the molecule is COc1ccc(Cl)cc1C(=O)N=c1sc2c(n1Cc1ccco1)C(C)(C)OC2(C)C. The van der Waals surface area contributed by atoms with Crippen molar-refractivity contribution in [3.63, 3.8) is 0 Å². The molecule has 0 unspecified atom stereocenters. The number of nitrogens with zero attached hydrogens (tertiary/aromatic N) is 2. The molecule has 0 saturated carbocycles. The Bertz CT molecular complexity index is 1170. The number of amides is 1. The van der Waals surface area contributed by atoms with Crippen LogP contribution in [-0.4, -0.2) is 17.6 Å². The number of fused-ring (bicyclic) bond motifs is 1. The average Bonchev–Trinajstić information content (AvgIpc) is 3.33. The zero-order valence-corrected chi connectivity index (χ0v) is 19.1. The number of methoxy groups -OCH3 is 1. The highest BCUT2D eigenvalue weighted by Crippen LogP contribution is 2.48. The fourth-order valence-corrected chi connectivity index (χ4v) is 5.42. The van der Waals surface area contributed by atoms with E-state index in [0.717, 1.165) is 16.3 Å². The number of rotatable bonds is 4. The minimum Gasteiger partial charge on any atom is -0.496 e. The first-order valence-corrected chi connectivity index (χ1v) is 10.7. The van der Waals surface area contributed by atoms with Crippen molar-refractivity contribution in [3.8, 4) is 5.75 Å². The molecule has 30 heavy (non-hydrogen) atoms. The molecule has 0 atom stereocenters. The van der Waals surface area contributed by atoms with E-state index in [1.54, 1.807) is 24.5 Å². The van der Waals surface area contributed by atoms with Crippen molar-refractivity contribution in [1.82, 2.24) is 4.57 Å². The normalized spacial score (nSPS) is 17.2. The van der Waals surface area contributed by atoms with E-state index in [1.165, 1.54) is 18.4 Å². The number of furan rings is 1. The number of carbonyl (C=O) groups excluding carboxylic acids is 1. The Hall–Kier alpha value is -2.35. The van der Waals surface area contributed by atoms with E-state index in [-0.39, 0.29) is 0 Å². The van der Waals surface area contributed by atoms with E-state index in [0.29, 0.717) is 27.7 Å². The van der Waals surface area contributed by atoms with E-state index < -0.39 is 17.1 Å². The highest BCUT2D eigenvalue weighted by molar-refractivity contribution is 7.09. The van der Waals surface area contributed by atoms with Crippen molar-refractivity contribution >= 4 is 28.8 Å². The maximum atomic E-state index is 13.1. The Kier molecular flexibility index (Phi) is 5.16. The molecule has 3 aromatic rings. The first-order chi connectivity index (χ1) is 14.1. The van der Waals surface area contributed by atoms with Gasteiger partial charge in [-0.25, -0.2) is 0 Å². The summed E-state index contributed by atoms with van der Waals surface area (Å²) in [5, 5.41) is 0.446. The maximum absolute atomic E-state index is 13.1. The average molecular weight is 447 g/mol. The number of aromatic nitrogens is 1. The van der Waals surface area contributed by atoms with Crippen LogP contribution in [0.2, 0.25) is 5.02 Å². The molecule has 0 fully saturated rings. The topological polar surface area (TPSA) is 66.0 Å². The van der Waals surface area contributed by atoms with Gasteiger partial charge in [-0.05, 0) is 58.0 Å². The Balaban J connectivity index is 1.90. The second kappa shape index (κ2) is 7.41. The summed E-state index contributed by atoms with van der Waals surface area (Å²) in [6.45, 7) is 8.55. The first-order valence-electron chi connectivity index (χ1n) is 9.52. The first kappa shape index (κ1) is 20.9. The summed E-state index contributed by atoms with van der Waals surface area (Å²) < 4.78 is 19.2. The Morgan fingerprint density at radius 2 is 2.00 bits per heavy atom. The van der Waals surface area contributed by atoms with Crippen LogP contribution in [0.3, 0.4) is 0 Å². The van der Waals surface area contributed by atoms with Crippen LogP contribution in [0.25, 0.3) is 0 Å². The van der Waals surface area contributed by atoms with Gasteiger partial charge in [0.2, 0.25) is 0 Å². The Morgan fingerprint density at radius 3 is 2.67 bits per heavy atom. The van der Waals surface area contributed by atoms with Crippen LogP contribution in [0.4, 0.5) is 0 Å². The van der Waals surface area contributed by atoms with E-state index in [2.05, 4.69) is 4.99 Å². The molecule has 0 spiro atoms. The van der Waals surface area contributed by atoms with Gasteiger partial charge in [-0.2, -0.15) is 4.99 Å². The molecule has 0 saturated heterocycles. The van der Waals surface area contributed by atoms with Gasteiger partial charge in [-0.15, -0.1) is 0 Å². The number of thiazole rings is 1. The van der Waals surface area contributed by atoms with Gasteiger partial charge in [0.15, 0.2) is 4.80 Å². The van der Waals surface area contributed by atoms with Gasteiger partial charge in [0, 0.05) is 5.02 Å². The van der Waals surface area contributed by atoms with E-state index >= 15 is 0 Å². The van der Waals surface area contributed by atoms with Gasteiger partial charge in [-0.3, -0.25) is 4.79 Å². The molecule has 1 aliphatic rings. The van der Waals surface area contributed by atoms with Crippen LogP contribution in [-0.2, 0) is 22.5 Å². The summed E-state index contributed by atoms with van der Waals surface area (Å²) >= 11 is 7.56. The third-order valence-corrected chi connectivity index (χ3v) is 6.64. The number of hydrogen-bond donors (Lipinski definition) is 0. The lowest BCUT2D eigenvalue weighted by Gasteiger charge is -2.26. The van der Waals surface area contributed by atoms with Gasteiger partial charge in [0.05, 0.1) is 41.7 Å². The fraction of sp³-hybridized carbons (Fsp3) is 0.364. The van der Waals surface area contributed by atoms with Crippen LogP contribution in [0.1, 0.15) is 54.4 Å². The number of benzene rings is 1. The van der Waals surface area contributed by atoms with Crippen molar-refractivity contribution in [2.45, 2.75) is 45.4 Å². The molecule has 6 nitrogen and oxygen atoms in total. The second-order valence-corrected chi connectivity index (χ2v) is 9.53. The number of carbonyl (C=O) groups is 1. The van der Waals surface area contributed by atoms with Crippen LogP contribution in [0, 0.1) is 0 Å². The molecule has 1 aromatic carbocycles. The summed E-state index contributed by atoms with van der Waals surface area (Å²) in [7, 11) is 1.51. The lowest BCUT2D eigenvalue weighted by Crippen LogP contribution is -2.29. The molecule has 3 heterocycles. The highest BCUT2D eigenvalue weighted by Gasteiger charge is 2.47. The summed E-state index contributed by atoms with van der Waals surface area (Å²) in [5.74, 6) is 0.781. The molecular weight excluding hydrogens is 424 g/mol. The molecule has 1 aliphatic heterocycles. The summed E-state index contributed by atoms with van der Waals surface area (Å²) in [6.07, 6.45) is 1.63. The molecule has 0 aliphatic carbocycles. The molecular formula is C22H23ClN2O4S. The zero-order valence-electron chi connectivity index (χ0n) is 17.5. The van der Waals surface area contributed by atoms with Crippen LogP contribution < -0.4 is 9.54 Å². The minimum absolute atomic E-state index is 0.317. The molecule has 1 amide bonds. The third kappa shape index (κ3) is 3.62. The monoisotopic (exact) mass is 446 g/mol. The number of ether oxygens (including phenoxy) is 2. The Morgan fingerprint density at radius 1 is 1.23 bits per heavy atom. The fourth-order valence-electron chi connectivity index (χ4n) is 3.93. The maximum Gasteiger partial charge on any atom is 0.283 e. The van der Waals surface area contributed by atoms with Crippen LogP contribution >= 0.6 is 22.9 Å². The van der Waals surface area contributed by atoms with Crippen molar-refractivity contribution in [1.29, 1.82) is 0 Å². The largest absolute Gasteiger partial charge is 0.496 e. The molecule has 0 N–H and O–H groups in total. The second-order valence-electron chi connectivity index (χ2n) is 8.11. The molecule has 8 heteroatoms. The van der Waals surface area contributed by atoms with E-state index in [9.17, 15) is 4.79 Å². The minimum atomic E-state index is -0.535. The summed E-state index contributed by atoms with van der Waals surface area (Å²) in [4.78, 5) is 19.2. The molecule has 0 bridgehead atoms. The quantitative estimate of drug-likeness (QED) is 0.559. The van der Waals surface area contributed by atoms with Gasteiger partial charge in [-0.1, -0.05) is 22.9 Å². The predicted molar refractivity (Wildman–Crippen MR) is 115 cm³/mol. The van der Waals surface area contributed by atoms with Gasteiger partial charge in [0.1, 0.15) is 17.1 Å². The Labute approximate surface area is 183 Å². The van der Waals surface area contributed by atoms with Crippen molar-refractivity contribution in [2.75, 3.05) is 7.11 Å². The molecule has 4 rings (SSSR count). The van der Waals surface area contributed by atoms with Crippen molar-refractivity contribution < 1.29 is 18.7 Å². The van der Waals surface area contributed by atoms with Crippen LogP contribution in [0.15, 0.2) is 46.0 Å². The zero-order chi connectivity index (χ0) is 21.7. The van der Waals surface area contributed by atoms with Crippen molar-refractivity contribution in [3.05, 3.63) is 68.3 Å². The smallest absolute Gasteiger partial charge is 0.283 e. The van der Waals surface area contributed by atoms with Gasteiger partial charge >= 0.3 is 0 Å². The summed E-state index contributed by atoms with van der Waals surface area (Å²) in [5.41, 5.74) is 0.294. The summed E-state index contributed by atoms with van der Waals surface area (Å²) in [6, 6.07) is 8.65. The van der Waals surface area contributed by atoms with Gasteiger partial charge in [0.25, 0.3) is 5.91 Å². The standard InChI is InChI=1S/C22H23ClN2O4S/c1-21(2)17-18(22(3,4)29-21)30-20(25(17)12-14-7-6-10-28-14)24-19(26)15-11-13(23)8-9-16(15)27-5/h6-11H,12H2,1-5H3. The lowest BCUT2D eigenvalue weighted by atomic mass is 10.0. The predicted octanol–water partition coefficient (Wildman–Crippen LogP) is 5.09. The molecule has 158 valence electrons. The van der Waals surface area contributed by atoms with E-state index in [4.69, 9.17) is 25.5 Å². The molecule has 0 radical (unpaired) electrons. The molecule has 2 aromatic heterocycles.